The Labute approximate surface area is 145 Å². The first kappa shape index (κ1) is 16.5. The van der Waals surface area contributed by atoms with Crippen molar-refractivity contribution in [3.63, 3.8) is 0 Å². The molecule has 3 aromatic rings. The molecule has 0 radical (unpaired) electrons. The van der Waals surface area contributed by atoms with Crippen LogP contribution in [0.3, 0.4) is 0 Å². The fourth-order valence-electron chi connectivity index (χ4n) is 2.31. The van der Waals surface area contributed by atoms with E-state index in [1.165, 1.54) is 16.9 Å². The van der Waals surface area contributed by atoms with Crippen LogP contribution >= 0.6 is 11.3 Å². The molecule has 1 aromatic carbocycles. The zero-order valence-corrected chi connectivity index (χ0v) is 15.0. The van der Waals surface area contributed by atoms with E-state index in [1.54, 1.807) is 0 Å². The van der Waals surface area contributed by atoms with Crippen LogP contribution in [0.2, 0.25) is 0 Å². The van der Waals surface area contributed by atoms with Gasteiger partial charge in [-0.25, -0.2) is 4.98 Å². The standard InChI is InChI=1S/C19H20N2O2S/c1-12-5-10-16(23-12)15-11-24-18(20-15)21-17(22)13-6-8-14(9-7-13)19(2,3)4/h5-11H,1-4H3,(H,20,21,22). The van der Waals surface area contributed by atoms with Gasteiger partial charge in [0.1, 0.15) is 11.5 Å². The quantitative estimate of drug-likeness (QED) is 0.707. The van der Waals surface area contributed by atoms with Crippen LogP contribution in [0.15, 0.2) is 46.2 Å². The molecule has 0 saturated heterocycles. The van der Waals surface area contributed by atoms with Crippen molar-refractivity contribution >= 4 is 22.4 Å². The Kier molecular flexibility index (Phi) is 4.28. The minimum atomic E-state index is -0.160. The Morgan fingerprint density at radius 2 is 1.83 bits per heavy atom. The molecule has 0 aliphatic rings. The predicted octanol–water partition coefficient (Wildman–Crippen LogP) is 5.26. The lowest BCUT2D eigenvalue weighted by atomic mass is 9.87. The SMILES string of the molecule is Cc1ccc(-c2csc(NC(=O)c3ccc(C(C)(C)C)cc3)n2)o1. The van der Waals surface area contributed by atoms with Crippen molar-refractivity contribution in [2.24, 2.45) is 0 Å². The summed E-state index contributed by atoms with van der Waals surface area (Å²) >= 11 is 1.38. The third-order valence-electron chi connectivity index (χ3n) is 3.73. The van der Waals surface area contributed by atoms with Crippen LogP contribution in [0.1, 0.15) is 42.5 Å². The van der Waals surface area contributed by atoms with Crippen LogP contribution in [0, 0.1) is 6.92 Å². The minimum absolute atomic E-state index is 0.0698. The summed E-state index contributed by atoms with van der Waals surface area (Å²) in [5.41, 5.74) is 2.62. The molecule has 24 heavy (non-hydrogen) atoms. The van der Waals surface area contributed by atoms with E-state index in [9.17, 15) is 4.79 Å². The molecule has 3 rings (SSSR count). The van der Waals surface area contributed by atoms with E-state index >= 15 is 0 Å². The fraction of sp³-hybridized carbons (Fsp3) is 0.263. The molecule has 0 unspecified atom stereocenters. The number of amides is 1. The molecular formula is C19H20N2O2S. The molecule has 0 fully saturated rings. The first-order valence-corrected chi connectivity index (χ1v) is 8.65. The van der Waals surface area contributed by atoms with E-state index in [0.717, 1.165) is 11.5 Å². The number of carbonyl (C=O) groups is 1. The molecule has 0 aliphatic heterocycles. The Morgan fingerprint density at radius 1 is 1.12 bits per heavy atom. The average molecular weight is 340 g/mol. The number of nitrogens with one attached hydrogen (secondary N) is 1. The van der Waals surface area contributed by atoms with Gasteiger partial charge in [-0.2, -0.15) is 0 Å². The van der Waals surface area contributed by atoms with Gasteiger partial charge in [-0.15, -0.1) is 11.3 Å². The summed E-state index contributed by atoms with van der Waals surface area (Å²) < 4.78 is 5.55. The van der Waals surface area contributed by atoms with Gasteiger partial charge in [-0.05, 0) is 42.2 Å². The van der Waals surface area contributed by atoms with E-state index < -0.39 is 0 Å². The summed E-state index contributed by atoms with van der Waals surface area (Å²) in [7, 11) is 0. The number of hydrogen-bond acceptors (Lipinski definition) is 4. The van der Waals surface area contributed by atoms with Gasteiger partial charge >= 0.3 is 0 Å². The second kappa shape index (κ2) is 6.24. The number of nitrogens with zero attached hydrogens (tertiary/aromatic N) is 1. The summed E-state index contributed by atoms with van der Waals surface area (Å²) in [5.74, 6) is 1.38. The second-order valence-corrected chi connectivity index (χ2v) is 7.59. The summed E-state index contributed by atoms with van der Waals surface area (Å²) in [5, 5.41) is 5.27. The maximum absolute atomic E-state index is 12.4. The summed E-state index contributed by atoms with van der Waals surface area (Å²) in [6.07, 6.45) is 0. The topological polar surface area (TPSA) is 55.1 Å². The summed E-state index contributed by atoms with van der Waals surface area (Å²) in [6, 6.07) is 11.5. The van der Waals surface area contributed by atoms with Crippen LogP contribution in [-0.4, -0.2) is 10.9 Å². The van der Waals surface area contributed by atoms with Gasteiger partial charge in [-0.1, -0.05) is 32.9 Å². The molecule has 2 aromatic heterocycles. The van der Waals surface area contributed by atoms with Gasteiger partial charge in [0.05, 0.1) is 0 Å². The molecule has 0 saturated carbocycles. The number of benzene rings is 1. The number of furan rings is 1. The molecule has 1 N–H and O–H groups in total. The van der Waals surface area contributed by atoms with Crippen molar-refractivity contribution in [2.75, 3.05) is 5.32 Å². The van der Waals surface area contributed by atoms with Gasteiger partial charge in [0.15, 0.2) is 10.9 Å². The van der Waals surface area contributed by atoms with Crippen LogP contribution in [0.4, 0.5) is 5.13 Å². The third-order valence-corrected chi connectivity index (χ3v) is 4.49. The van der Waals surface area contributed by atoms with E-state index in [2.05, 4.69) is 31.1 Å². The molecule has 2 heterocycles. The van der Waals surface area contributed by atoms with Gasteiger partial charge in [0, 0.05) is 10.9 Å². The fourth-order valence-corrected chi connectivity index (χ4v) is 3.00. The lowest BCUT2D eigenvalue weighted by Gasteiger charge is -2.18. The maximum atomic E-state index is 12.4. The molecule has 0 bridgehead atoms. The normalized spacial score (nSPS) is 11.5. The van der Waals surface area contributed by atoms with E-state index in [1.807, 2.05) is 48.7 Å². The first-order valence-electron chi connectivity index (χ1n) is 7.77. The Morgan fingerprint density at radius 3 is 2.42 bits per heavy atom. The lowest BCUT2D eigenvalue weighted by molar-refractivity contribution is 0.102. The molecular weight excluding hydrogens is 320 g/mol. The Hall–Kier alpha value is -2.40. The largest absolute Gasteiger partial charge is 0.460 e. The highest BCUT2D eigenvalue weighted by molar-refractivity contribution is 7.14. The minimum Gasteiger partial charge on any atom is -0.460 e. The van der Waals surface area contributed by atoms with Gasteiger partial charge < -0.3 is 4.42 Å². The van der Waals surface area contributed by atoms with E-state index in [0.29, 0.717) is 16.5 Å². The second-order valence-electron chi connectivity index (χ2n) is 6.73. The Bertz CT molecular complexity index is 854. The maximum Gasteiger partial charge on any atom is 0.257 e. The van der Waals surface area contributed by atoms with Crippen molar-refractivity contribution in [2.45, 2.75) is 33.1 Å². The average Bonchev–Trinajstić information content (AvgIpc) is 3.15. The van der Waals surface area contributed by atoms with Gasteiger partial charge in [0.25, 0.3) is 5.91 Å². The molecule has 5 heteroatoms. The molecule has 4 nitrogen and oxygen atoms in total. The number of anilines is 1. The highest BCUT2D eigenvalue weighted by Gasteiger charge is 2.15. The molecule has 0 aliphatic carbocycles. The number of carbonyl (C=O) groups excluding carboxylic acids is 1. The molecule has 0 atom stereocenters. The predicted molar refractivity (Wildman–Crippen MR) is 97.6 cm³/mol. The van der Waals surface area contributed by atoms with Gasteiger partial charge in [-0.3, -0.25) is 10.1 Å². The van der Waals surface area contributed by atoms with Crippen molar-refractivity contribution in [1.82, 2.24) is 4.98 Å². The molecule has 1 amide bonds. The Balaban J connectivity index is 1.72. The highest BCUT2D eigenvalue weighted by atomic mass is 32.1. The van der Waals surface area contributed by atoms with E-state index in [4.69, 9.17) is 4.42 Å². The van der Waals surface area contributed by atoms with Crippen molar-refractivity contribution in [3.05, 3.63) is 58.7 Å². The highest BCUT2D eigenvalue weighted by Crippen LogP contribution is 2.27. The van der Waals surface area contributed by atoms with Crippen molar-refractivity contribution < 1.29 is 9.21 Å². The zero-order chi connectivity index (χ0) is 17.3. The third kappa shape index (κ3) is 3.57. The summed E-state index contributed by atoms with van der Waals surface area (Å²) in [4.78, 5) is 16.8. The number of hydrogen-bond donors (Lipinski definition) is 1. The van der Waals surface area contributed by atoms with Crippen LogP contribution < -0.4 is 5.32 Å². The van der Waals surface area contributed by atoms with Crippen LogP contribution in [0.5, 0.6) is 0 Å². The van der Waals surface area contributed by atoms with Crippen molar-refractivity contribution in [1.29, 1.82) is 0 Å². The number of aromatic nitrogens is 1. The van der Waals surface area contributed by atoms with E-state index in [-0.39, 0.29) is 11.3 Å². The van der Waals surface area contributed by atoms with Crippen LogP contribution in [0.25, 0.3) is 11.5 Å². The zero-order valence-electron chi connectivity index (χ0n) is 14.2. The van der Waals surface area contributed by atoms with Crippen molar-refractivity contribution in [3.8, 4) is 11.5 Å². The van der Waals surface area contributed by atoms with Crippen LogP contribution in [-0.2, 0) is 5.41 Å². The smallest absolute Gasteiger partial charge is 0.257 e. The number of aryl methyl sites for hydroxylation is 1. The molecule has 0 spiro atoms. The van der Waals surface area contributed by atoms with Gasteiger partial charge in [0.2, 0.25) is 0 Å². The summed E-state index contributed by atoms with van der Waals surface area (Å²) in [6.45, 7) is 8.33. The number of thiazole rings is 1. The number of rotatable bonds is 3. The lowest BCUT2D eigenvalue weighted by Crippen LogP contribution is -2.14. The monoisotopic (exact) mass is 340 g/mol. The first-order chi connectivity index (χ1) is 11.3. The molecule has 124 valence electrons.